The van der Waals surface area contributed by atoms with E-state index in [0.29, 0.717) is 16.1 Å². The zero-order chi connectivity index (χ0) is 14.8. The van der Waals surface area contributed by atoms with E-state index in [1.165, 1.54) is 18.2 Å². The summed E-state index contributed by atoms with van der Waals surface area (Å²) in [7, 11) is 0. The first-order valence-corrected chi connectivity index (χ1v) is 6.12. The van der Waals surface area contributed by atoms with Crippen molar-refractivity contribution in [1.29, 1.82) is 0 Å². The molecule has 0 atom stereocenters. The molecule has 0 aliphatic heterocycles. The smallest absolute Gasteiger partial charge is 0.406 e. The van der Waals surface area contributed by atoms with E-state index in [9.17, 15) is 13.2 Å². The Morgan fingerprint density at radius 1 is 1.10 bits per heavy atom. The second kappa shape index (κ2) is 5.73. The molecule has 20 heavy (non-hydrogen) atoms. The molecule has 0 heterocycles. The molecule has 0 saturated heterocycles. The van der Waals surface area contributed by atoms with E-state index in [-0.39, 0.29) is 12.3 Å². The first kappa shape index (κ1) is 14.7. The van der Waals surface area contributed by atoms with E-state index in [1.54, 1.807) is 24.3 Å². The zero-order valence-electron chi connectivity index (χ0n) is 10.2. The number of ether oxygens (including phenoxy) is 1. The Hall–Kier alpha value is -1.72. The van der Waals surface area contributed by atoms with Gasteiger partial charge in [-0.15, -0.1) is 13.2 Å². The molecule has 0 saturated carbocycles. The highest BCUT2D eigenvalue weighted by molar-refractivity contribution is 6.33. The molecule has 0 bridgehead atoms. The third kappa shape index (κ3) is 3.43. The van der Waals surface area contributed by atoms with Gasteiger partial charge < -0.3 is 10.5 Å². The number of alkyl halides is 3. The molecule has 0 aromatic heterocycles. The molecule has 0 aliphatic carbocycles. The van der Waals surface area contributed by atoms with Crippen molar-refractivity contribution >= 4 is 11.6 Å². The summed E-state index contributed by atoms with van der Waals surface area (Å²) in [5, 5.41) is 0.428. The van der Waals surface area contributed by atoms with Crippen LogP contribution in [0.3, 0.4) is 0 Å². The number of rotatable bonds is 3. The van der Waals surface area contributed by atoms with Gasteiger partial charge in [-0.1, -0.05) is 35.9 Å². The highest BCUT2D eigenvalue weighted by atomic mass is 35.5. The van der Waals surface area contributed by atoms with Crippen LogP contribution in [-0.2, 0) is 6.54 Å². The summed E-state index contributed by atoms with van der Waals surface area (Å²) in [5.74, 6) is -0.294. The molecule has 6 heteroatoms. The van der Waals surface area contributed by atoms with Crippen molar-refractivity contribution in [2.45, 2.75) is 12.9 Å². The summed E-state index contributed by atoms with van der Waals surface area (Å²) in [6.07, 6.45) is -4.73. The average Bonchev–Trinajstić information content (AvgIpc) is 2.36. The van der Waals surface area contributed by atoms with Gasteiger partial charge in [-0.2, -0.15) is 0 Å². The van der Waals surface area contributed by atoms with Crippen LogP contribution >= 0.6 is 11.6 Å². The van der Waals surface area contributed by atoms with Crippen molar-refractivity contribution in [1.82, 2.24) is 0 Å². The van der Waals surface area contributed by atoms with Crippen LogP contribution in [0.25, 0.3) is 11.1 Å². The van der Waals surface area contributed by atoms with Crippen molar-refractivity contribution in [3.05, 3.63) is 53.1 Å². The quantitative estimate of drug-likeness (QED) is 0.914. The highest BCUT2D eigenvalue weighted by Crippen LogP contribution is 2.34. The van der Waals surface area contributed by atoms with Gasteiger partial charge in [-0.05, 0) is 29.3 Å². The van der Waals surface area contributed by atoms with Crippen LogP contribution in [0.15, 0.2) is 42.5 Å². The standard InChI is InChI=1S/C14H11ClF3NO/c15-12-6-2-4-10(8-19)13(12)9-3-1-5-11(7-9)20-14(16,17)18/h1-7H,8,19H2. The lowest BCUT2D eigenvalue weighted by molar-refractivity contribution is -0.274. The maximum atomic E-state index is 12.2. The molecule has 0 spiro atoms. The summed E-state index contributed by atoms with van der Waals surface area (Å²) in [5.41, 5.74) is 7.52. The van der Waals surface area contributed by atoms with Gasteiger partial charge in [0.05, 0.1) is 0 Å². The van der Waals surface area contributed by atoms with Gasteiger partial charge in [0.1, 0.15) is 5.75 Å². The largest absolute Gasteiger partial charge is 0.573 e. The fraction of sp³-hybridized carbons (Fsp3) is 0.143. The van der Waals surface area contributed by atoms with Gasteiger partial charge in [-0.25, -0.2) is 0 Å². The van der Waals surface area contributed by atoms with E-state index >= 15 is 0 Å². The summed E-state index contributed by atoms with van der Waals surface area (Å²) in [6, 6.07) is 10.8. The van der Waals surface area contributed by atoms with Gasteiger partial charge in [0.25, 0.3) is 0 Å². The minimum atomic E-state index is -4.73. The Morgan fingerprint density at radius 3 is 2.45 bits per heavy atom. The number of nitrogens with two attached hydrogens (primary N) is 1. The normalized spacial score (nSPS) is 11.4. The molecule has 2 aromatic carbocycles. The Balaban J connectivity index is 2.46. The predicted octanol–water partition coefficient (Wildman–Crippen LogP) is 4.36. The maximum absolute atomic E-state index is 12.2. The van der Waals surface area contributed by atoms with E-state index in [2.05, 4.69) is 4.74 Å². The Kier molecular flexibility index (Phi) is 4.20. The van der Waals surface area contributed by atoms with Crippen LogP contribution in [0, 0.1) is 0 Å². The summed E-state index contributed by atoms with van der Waals surface area (Å²) in [6.45, 7) is 0.236. The van der Waals surface area contributed by atoms with Gasteiger partial charge in [-0.3, -0.25) is 0 Å². The summed E-state index contributed by atoms with van der Waals surface area (Å²) in [4.78, 5) is 0. The second-order valence-electron chi connectivity index (χ2n) is 4.05. The molecule has 2 aromatic rings. The lowest BCUT2D eigenvalue weighted by Crippen LogP contribution is -2.17. The maximum Gasteiger partial charge on any atom is 0.573 e. The Labute approximate surface area is 118 Å². The SMILES string of the molecule is NCc1cccc(Cl)c1-c1cccc(OC(F)(F)F)c1. The van der Waals surface area contributed by atoms with Gasteiger partial charge in [0, 0.05) is 17.1 Å². The van der Waals surface area contributed by atoms with E-state index in [1.807, 2.05) is 0 Å². The first-order chi connectivity index (χ1) is 9.40. The summed E-state index contributed by atoms with van der Waals surface area (Å²) < 4.78 is 40.6. The second-order valence-corrected chi connectivity index (χ2v) is 4.46. The molecule has 0 aliphatic rings. The van der Waals surface area contributed by atoms with Gasteiger partial charge in [0.2, 0.25) is 0 Å². The molecule has 0 amide bonds. The van der Waals surface area contributed by atoms with Gasteiger partial charge in [0.15, 0.2) is 0 Å². The highest BCUT2D eigenvalue weighted by Gasteiger charge is 2.31. The van der Waals surface area contributed by atoms with Crippen LogP contribution in [0.1, 0.15) is 5.56 Å². The Morgan fingerprint density at radius 2 is 1.80 bits per heavy atom. The molecule has 0 unspecified atom stereocenters. The third-order valence-electron chi connectivity index (χ3n) is 2.68. The number of hydrogen-bond acceptors (Lipinski definition) is 2. The first-order valence-electron chi connectivity index (χ1n) is 5.74. The van der Waals surface area contributed by atoms with Crippen molar-refractivity contribution in [3.8, 4) is 16.9 Å². The van der Waals surface area contributed by atoms with Crippen molar-refractivity contribution < 1.29 is 17.9 Å². The minimum absolute atomic E-state index is 0.236. The Bertz CT molecular complexity index is 614. The van der Waals surface area contributed by atoms with Crippen LogP contribution < -0.4 is 10.5 Å². The number of halogens is 4. The third-order valence-corrected chi connectivity index (χ3v) is 2.99. The summed E-state index contributed by atoms with van der Waals surface area (Å²) >= 11 is 6.11. The number of hydrogen-bond donors (Lipinski definition) is 1. The molecule has 2 rings (SSSR count). The molecule has 0 fully saturated rings. The van der Waals surface area contributed by atoms with E-state index in [4.69, 9.17) is 17.3 Å². The van der Waals surface area contributed by atoms with Crippen molar-refractivity contribution in [3.63, 3.8) is 0 Å². The minimum Gasteiger partial charge on any atom is -0.406 e. The van der Waals surface area contributed by atoms with Crippen LogP contribution in [0.2, 0.25) is 5.02 Å². The molecular formula is C14H11ClF3NO. The molecular weight excluding hydrogens is 291 g/mol. The molecule has 106 valence electrons. The van der Waals surface area contributed by atoms with Crippen LogP contribution in [0.5, 0.6) is 5.75 Å². The van der Waals surface area contributed by atoms with Crippen molar-refractivity contribution in [2.75, 3.05) is 0 Å². The van der Waals surface area contributed by atoms with Crippen LogP contribution in [-0.4, -0.2) is 6.36 Å². The molecule has 2 N–H and O–H groups in total. The lowest BCUT2D eigenvalue weighted by atomic mass is 9.99. The van der Waals surface area contributed by atoms with E-state index in [0.717, 1.165) is 5.56 Å². The average molecular weight is 302 g/mol. The van der Waals surface area contributed by atoms with Crippen LogP contribution in [0.4, 0.5) is 13.2 Å². The fourth-order valence-corrected chi connectivity index (χ4v) is 2.21. The monoisotopic (exact) mass is 301 g/mol. The molecule has 0 radical (unpaired) electrons. The predicted molar refractivity (Wildman–Crippen MR) is 71.5 cm³/mol. The van der Waals surface area contributed by atoms with Gasteiger partial charge >= 0.3 is 6.36 Å². The van der Waals surface area contributed by atoms with E-state index < -0.39 is 6.36 Å². The van der Waals surface area contributed by atoms with Crippen molar-refractivity contribution in [2.24, 2.45) is 5.73 Å². The number of benzene rings is 2. The lowest BCUT2D eigenvalue weighted by Gasteiger charge is -2.13. The molecule has 2 nitrogen and oxygen atoms in total. The topological polar surface area (TPSA) is 35.2 Å². The zero-order valence-corrected chi connectivity index (χ0v) is 11.0. The fourth-order valence-electron chi connectivity index (χ4n) is 1.91.